The van der Waals surface area contributed by atoms with Gasteiger partial charge in [-0.05, 0) is 31.7 Å². The normalized spacial score (nSPS) is 23.8. The summed E-state index contributed by atoms with van der Waals surface area (Å²) in [4.78, 5) is 2.54. The van der Waals surface area contributed by atoms with E-state index in [1.54, 1.807) is 0 Å². The number of hydrogen-bond acceptors (Lipinski definition) is 4. The smallest absolute Gasteiger partial charge is 0.119 e. The van der Waals surface area contributed by atoms with E-state index in [4.69, 9.17) is 4.74 Å². The Morgan fingerprint density at radius 2 is 2.25 bits per heavy atom. The van der Waals surface area contributed by atoms with Gasteiger partial charge in [0.2, 0.25) is 0 Å². The minimum Gasteiger partial charge on any atom is -0.492 e. The van der Waals surface area contributed by atoms with Gasteiger partial charge in [0, 0.05) is 36.7 Å². The highest BCUT2D eigenvalue weighted by Gasteiger charge is 2.24. The van der Waals surface area contributed by atoms with Gasteiger partial charge in [0.25, 0.3) is 0 Å². The zero-order valence-electron chi connectivity index (χ0n) is 12.8. The second-order valence-corrected chi connectivity index (χ2v) is 6.86. The number of benzene rings is 1. The third kappa shape index (κ3) is 4.40. The molecule has 0 aromatic heterocycles. The summed E-state index contributed by atoms with van der Waals surface area (Å²) in [6, 6.07) is 8.98. The van der Waals surface area contributed by atoms with Gasteiger partial charge in [-0.2, -0.15) is 11.8 Å². The number of nitrogens with one attached hydrogen (secondary N) is 1. The molecule has 2 atom stereocenters. The Labute approximate surface area is 127 Å². The van der Waals surface area contributed by atoms with Crippen molar-refractivity contribution in [3.05, 3.63) is 29.8 Å². The molecule has 2 unspecified atom stereocenters. The molecule has 1 aromatic rings. The maximum absolute atomic E-state index is 5.90. The summed E-state index contributed by atoms with van der Waals surface area (Å²) >= 11 is 2.08. The molecule has 1 fully saturated rings. The molecule has 0 radical (unpaired) electrons. The first-order valence-corrected chi connectivity index (χ1v) is 8.47. The van der Waals surface area contributed by atoms with E-state index >= 15 is 0 Å². The van der Waals surface area contributed by atoms with Gasteiger partial charge in [0.05, 0.1) is 0 Å². The van der Waals surface area contributed by atoms with Crippen LogP contribution in [0.4, 0.5) is 0 Å². The van der Waals surface area contributed by atoms with Crippen LogP contribution in [0.1, 0.15) is 19.4 Å². The first kappa shape index (κ1) is 15.7. The van der Waals surface area contributed by atoms with E-state index in [2.05, 4.69) is 54.0 Å². The third-order valence-electron chi connectivity index (χ3n) is 3.94. The molecule has 20 heavy (non-hydrogen) atoms. The summed E-state index contributed by atoms with van der Waals surface area (Å²) in [5, 5.41) is 3.89. The molecule has 1 aromatic carbocycles. The molecule has 0 spiro atoms. The lowest BCUT2D eigenvalue weighted by atomic mass is 10.2. The summed E-state index contributed by atoms with van der Waals surface area (Å²) in [5.41, 5.74) is 1.27. The third-order valence-corrected chi connectivity index (χ3v) is 5.28. The Morgan fingerprint density at radius 3 is 3.05 bits per heavy atom. The fourth-order valence-corrected chi connectivity index (χ4v) is 3.70. The van der Waals surface area contributed by atoms with E-state index in [1.807, 2.05) is 13.1 Å². The Morgan fingerprint density at radius 1 is 1.40 bits per heavy atom. The average Bonchev–Trinajstić information content (AvgIpc) is 2.44. The zero-order valence-corrected chi connectivity index (χ0v) is 13.6. The highest BCUT2D eigenvalue weighted by atomic mass is 32.2. The van der Waals surface area contributed by atoms with Crippen LogP contribution in [0.3, 0.4) is 0 Å². The van der Waals surface area contributed by atoms with Gasteiger partial charge < -0.3 is 10.1 Å². The van der Waals surface area contributed by atoms with E-state index < -0.39 is 0 Å². The lowest BCUT2D eigenvalue weighted by Gasteiger charge is -2.37. The first-order chi connectivity index (χ1) is 9.70. The second-order valence-electron chi connectivity index (χ2n) is 5.38. The highest BCUT2D eigenvalue weighted by molar-refractivity contribution is 8.00. The molecule has 4 heteroatoms. The van der Waals surface area contributed by atoms with Crippen molar-refractivity contribution >= 4 is 11.8 Å². The Hall–Kier alpha value is -0.710. The predicted molar refractivity (Wildman–Crippen MR) is 87.7 cm³/mol. The van der Waals surface area contributed by atoms with Gasteiger partial charge in [-0.25, -0.2) is 0 Å². The van der Waals surface area contributed by atoms with Crippen molar-refractivity contribution in [2.45, 2.75) is 31.7 Å². The maximum atomic E-state index is 5.90. The van der Waals surface area contributed by atoms with E-state index in [-0.39, 0.29) is 0 Å². The van der Waals surface area contributed by atoms with E-state index in [9.17, 15) is 0 Å². The lowest BCUT2D eigenvalue weighted by Crippen LogP contribution is -2.46. The standard InChI is InChI=1S/C16H26N2OS/c1-13-14(2)20-10-8-18(13)7-9-19-16-6-4-5-15(11-16)12-17-3/h4-6,11,13-14,17H,7-10,12H2,1-3H3. The van der Waals surface area contributed by atoms with E-state index in [1.165, 1.54) is 17.9 Å². The molecular weight excluding hydrogens is 268 g/mol. The topological polar surface area (TPSA) is 24.5 Å². The largest absolute Gasteiger partial charge is 0.492 e. The van der Waals surface area contributed by atoms with Crippen molar-refractivity contribution < 1.29 is 4.74 Å². The fourth-order valence-electron chi connectivity index (χ4n) is 2.54. The molecular formula is C16H26N2OS. The Balaban J connectivity index is 1.79. The van der Waals surface area contributed by atoms with Crippen LogP contribution in [-0.2, 0) is 6.54 Å². The molecule has 0 saturated carbocycles. The van der Waals surface area contributed by atoms with E-state index in [0.717, 1.165) is 30.7 Å². The molecule has 1 heterocycles. The van der Waals surface area contributed by atoms with Crippen LogP contribution in [0.5, 0.6) is 5.75 Å². The molecule has 1 saturated heterocycles. The number of ether oxygens (including phenoxy) is 1. The molecule has 0 aliphatic carbocycles. The summed E-state index contributed by atoms with van der Waals surface area (Å²) in [7, 11) is 1.96. The summed E-state index contributed by atoms with van der Waals surface area (Å²) in [5.74, 6) is 2.22. The average molecular weight is 294 g/mol. The first-order valence-electron chi connectivity index (χ1n) is 7.42. The van der Waals surface area contributed by atoms with Crippen LogP contribution in [0.2, 0.25) is 0 Å². The summed E-state index contributed by atoms with van der Waals surface area (Å²) < 4.78 is 5.90. The molecule has 112 valence electrons. The molecule has 1 aliphatic rings. The lowest BCUT2D eigenvalue weighted by molar-refractivity contribution is 0.170. The van der Waals surface area contributed by atoms with Gasteiger partial charge in [0.1, 0.15) is 12.4 Å². The number of thioether (sulfide) groups is 1. The van der Waals surface area contributed by atoms with Crippen molar-refractivity contribution in [1.82, 2.24) is 10.2 Å². The highest BCUT2D eigenvalue weighted by Crippen LogP contribution is 2.23. The van der Waals surface area contributed by atoms with Crippen LogP contribution < -0.4 is 10.1 Å². The molecule has 0 amide bonds. The Kier molecular flexibility index (Phi) is 6.20. The summed E-state index contributed by atoms with van der Waals surface area (Å²) in [6.07, 6.45) is 0. The van der Waals surface area contributed by atoms with Crippen LogP contribution in [0, 0.1) is 0 Å². The molecule has 1 aliphatic heterocycles. The van der Waals surface area contributed by atoms with Gasteiger partial charge in [0.15, 0.2) is 0 Å². The van der Waals surface area contributed by atoms with Crippen LogP contribution >= 0.6 is 11.8 Å². The minimum atomic E-state index is 0.646. The van der Waals surface area contributed by atoms with Crippen molar-refractivity contribution in [1.29, 1.82) is 0 Å². The SMILES string of the molecule is CNCc1cccc(OCCN2CCSC(C)C2C)c1. The Bertz CT molecular complexity index is 413. The van der Waals surface area contributed by atoms with Crippen molar-refractivity contribution in [3.63, 3.8) is 0 Å². The van der Waals surface area contributed by atoms with Crippen molar-refractivity contribution in [2.75, 3.05) is 32.5 Å². The zero-order chi connectivity index (χ0) is 14.4. The van der Waals surface area contributed by atoms with Crippen LogP contribution in [-0.4, -0.2) is 48.7 Å². The van der Waals surface area contributed by atoms with Gasteiger partial charge in [-0.3, -0.25) is 4.90 Å². The molecule has 1 N–H and O–H groups in total. The molecule has 0 bridgehead atoms. The van der Waals surface area contributed by atoms with Crippen molar-refractivity contribution in [2.24, 2.45) is 0 Å². The fraction of sp³-hybridized carbons (Fsp3) is 0.625. The van der Waals surface area contributed by atoms with Crippen molar-refractivity contribution in [3.8, 4) is 5.75 Å². The number of hydrogen-bond donors (Lipinski definition) is 1. The van der Waals surface area contributed by atoms with Gasteiger partial charge in [-0.1, -0.05) is 19.1 Å². The monoisotopic (exact) mass is 294 g/mol. The molecule has 3 nitrogen and oxygen atoms in total. The van der Waals surface area contributed by atoms with Crippen LogP contribution in [0.25, 0.3) is 0 Å². The van der Waals surface area contributed by atoms with Gasteiger partial charge in [-0.15, -0.1) is 0 Å². The maximum Gasteiger partial charge on any atom is 0.119 e. The number of rotatable bonds is 6. The van der Waals surface area contributed by atoms with Gasteiger partial charge >= 0.3 is 0 Å². The van der Waals surface area contributed by atoms with Crippen LogP contribution in [0.15, 0.2) is 24.3 Å². The summed E-state index contributed by atoms with van der Waals surface area (Å²) in [6.45, 7) is 8.50. The second kappa shape index (κ2) is 7.91. The quantitative estimate of drug-likeness (QED) is 0.871. The molecule has 2 rings (SSSR count). The predicted octanol–water partition coefficient (Wildman–Crippen LogP) is 2.61. The number of nitrogens with zero attached hydrogens (tertiary/aromatic N) is 1. The minimum absolute atomic E-state index is 0.646. The van der Waals surface area contributed by atoms with E-state index in [0.29, 0.717) is 6.04 Å².